The predicted octanol–water partition coefficient (Wildman–Crippen LogP) is 5.98. The zero-order valence-corrected chi connectivity index (χ0v) is 17.6. The fraction of sp³-hybridized carbons (Fsp3) is 0.0476. The molecule has 3 N–H and O–H groups in total. The largest absolute Gasteiger partial charge is 0.323 e. The van der Waals surface area contributed by atoms with Gasteiger partial charge in [0.05, 0.1) is 27.5 Å². The second-order valence-corrected chi connectivity index (χ2v) is 7.84. The van der Waals surface area contributed by atoms with Crippen LogP contribution < -0.4 is 16.2 Å². The van der Waals surface area contributed by atoms with Crippen molar-refractivity contribution >= 4 is 63.1 Å². The molecule has 0 atom stereocenters. The fourth-order valence-corrected chi connectivity index (χ4v) is 3.46. The van der Waals surface area contributed by atoms with Crippen LogP contribution in [-0.4, -0.2) is 15.8 Å². The third kappa shape index (κ3) is 4.46. The first-order valence-electron chi connectivity index (χ1n) is 8.89. The maximum atomic E-state index is 12.4. The Labute approximate surface area is 186 Å². The first kappa shape index (κ1) is 20.3. The third-order valence-corrected chi connectivity index (χ3v) is 5.45. The van der Waals surface area contributed by atoms with Gasteiger partial charge in [-0.05, 0) is 54.1 Å². The number of urea groups is 1. The van der Waals surface area contributed by atoms with Gasteiger partial charge in [0.1, 0.15) is 0 Å². The van der Waals surface area contributed by atoms with Crippen LogP contribution >= 0.6 is 34.8 Å². The number of H-pyrrole nitrogens is 1. The minimum atomic E-state index is -0.468. The van der Waals surface area contributed by atoms with Crippen LogP contribution in [0.4, 0.5) is 16.2 Å². The van der Waals surface area contributed by atoms with Gasteiger partial charge in [-0.25, -0.2) is 4.79 Å². The number of anilines is 2. The molecular formula is C21H15Cl3N4O2. The molecule has 0 bridgehead atoms. The lowest BCUT2D eigenvalue weighted by Crippen LogP contribution is -2.19. The molecule has 1 heterocycles. The molecule has 0 saturated carbocycles. The van der Waals surface area contributed by atoms with Gasteiger partial charge in [-0.2, -0.15) is 0 Å². The average Bonchev–Trinajstić information content (AvgIpc) is 3.01. The van der Waals surface area contributed by atoms with Gasteiger partial charge >= 0.3 is 6.03 Å². The molecule has 3 aromatic carbocycles. The number of hydrogen-bond acceptors (Lipinski definition) is 2. The van der Waals surface area contributed by atoms with Crippen LogP contribution in [0.15, 0.2) is 65.5 Å². The van der Waals surface area contributed by atoms with Gasteiger partial charge < -0.3 is 10.6 Å². The normalized spacial score (nSPS) is 10.9. The van der Waals surface area contributed by atoms with Crippen molar-refractivity contribution in [3.8, 4) is 0 Å². The highest BCUT2D eigenvalue weighted by Gasteiger charge is 2.10. The SMILES string of the molecule is O=C(Nc1ccc(Cl)c(Cl)c1)Nc1ccc2c(c1)c(=O)[nH]n2Cc1ccc(Cl)cc1. The first-order valence-corrected chi connectivity index (χ1v) is 10.0. The molecule has 0 aliphatic heterocycles. The lowest BCUT2D eigenvalue weighted by molar-refractivity contribution is 0.262. The summed E-state index contributed by atoms with van der Waals surface area (Å²) in [6, 6.07) is 16.8. The molecule has 9 heteroatoms. The van der Waals surface area contributed by atoms with Crippen LogP contribution in [-0.2, 0) is 6.54 Å². The van der Waals surface area contributed by atoms with Crippen molar-refractivity contribution in [1.29, 1.82) is 0 Å². The van der Waals surface area contributed by atoms with E-state index in [4.69, 9.17) is 34.8 Å². The molecule has 0 aliphatic carbocycles. The Hall–Kier alpha value is -2.93. The van der Waals surface area contributed by atoms with Gasteiger partial charge in [-0.3, -0.25) is 14.6 Å². The molecule has 152 valence electrons. The van der Waals surface area contributed by atoms with Crippen LogP contribution in [0.2, 0.25) is 15.1 Å². The van der Waals surface area contributed by atoms with Crippen LogP contribution in [0.5, 0.6) is 0 Å². The van der Waals surface area contributed by atoms with E-state index in [0.29, 0.717) is 38.4 Å². The highest BCUT2D eigenvalue weighted by Crippen LogP contribution is 2.25. The van der Waals surface area contributed by atoms with E-state index in [1.807, 2.05) is 12.1 Å². The fourth-order valence-electron chi connectivity index (χ4n) is 3.04. The van der Waals surface area contributed by atoms with Crippen LogP contribution in [0.1, 0.15) is 5.56 Å². The summed E-state index contributed by atoms with van der Waals surface area (Å²) in [5.74, 6) is 0. The first-order chi connectivity index (χ1) is 14.4. The number of halogens is 3. The molecule has 0 unspecified atom stereocenters. The standard InChI is InChI=1S/C21H15Cl3N4O2/c22-13-3-1-12(2-4-13)11-28-19-8-6-14(9-16(19)20(29)27-28)25-21(30)26-15-5-7-17(23)18(24)10-15/h1-10H,11H2,(H,27,29)(H2,25,26,30). The number of rotatable bonds is 4. The Bertz CT molecular complexity index is 1300. The molecule has 6 nitrogen and oxygen atoms in total. The Morgan fingerprint density at radius 1 is 0.867 bits per heavy atom. The monoisotopic (exact) mass is 460 g/mol. The van der Waals surface area contributed by atoms with Crippen molar-refractivity contribution in [2.75, 3.05) is 10.6 Å². The molecule has 4 rings (SSSR count). The predicted molar refractivity (Wildman–Crippen MR) is 122 cm³/mol. The Balaban J connectivity index is 1.52. The summed E-state index contributed by atoms with van der Waals surface area (Å²) in [6.45, 7) is 0.487. The number of carbonyl (C=O) groups excluding carboxylic acids is 1. The molecule has 30 heavy (non-hydrogen) atoms. The molecular weight excluding hydrogens is 447 g/mol. The smallest absolute Gasteiger partial charge is 0.308 e. The highest BCUT2D eigenvalue weighted by atomic mass is 35.5. The van der Waals surface area contributed by atoms with Crippen molar-refractivity contribution in [3.63, 3.8) is 0 Å². The van der Waals surface area contributed by atoms with E-state index in [9.17, 15) is 9.59 Å². The molecule has 4 aromatic rings. The number of nitrogens with zero attached hydrogens (tertiary/aromatic N) is 1. The number of carbonyl (C=O) groups is 1. The van der Waals surface area contributed by atoms with Gasteiger partial charge in [-0.15, -0.1) is 0 Å². The van der Waals surface area contributed by atoms with Crippen LogP contribution in [0.25, 0.3) is 10.9 Å². The van der Waals surface area contributed by atoms with Gasteiger partial charge in [0.2, 0.25) is 0 Å². The topological polar surface area (TPSA) is 78.9 Å². The molecule has 2 amide bonds. The number of aromatic amines is 1. The Morgan fingerprint density at radius 2 is 1.53 bits per heavy atom. The van der Waals surface area contributed by atoms with Gasteiger partial charge in [0.15, 0.2) is 0 Å². The number of fused-ring (bicyclic) bond motifs is 1. The molecule has 0 spiro atoms. The summed E-state index contributed by atoms with van der Waals surface area (Å²) < 4.78 is 1.75. The van der Waals surface area contributed by atoms with Crippen molar-refractivity contribution in [2.24, 2.45) is 0 Å². The molecule has 0 fully saturated rings. The number of nitrogens with one attached hydrogen (secondary N) is 3. The van der Waals surface area contributed by atoms with E-state index >= 15 is 0 Å². The van der Waals surface area contributed by atoms with Crippen molar-refractivity contribution in [2.45, 2.75) is 6.54 Å². The van der Waals surface area contributed by atoms with E-state index in [2.05, 4.69) is 15.7 Å². The third-order valence-electron chi connectivity index (χ3n) is 4.46. The van der Waals surface area contributed by atoms with Crippen LogP contribution in [0, 0.1) is 0 Å². The van der Waals surface area contributed by atoms with Crippen LogP contribution in [0.3, 0.4) is 0 Å². The summed E-state index contributed by atoms with van der Waals surface area (Å²) in [7, 11) is 0. The number of hydrogen-bond donors (Lipinski definition) is 3. The number of aromatic nitrogens is 2. The van der Waals surface area contributed by atoms with Gasteiger partial charge in [-0.1, -0.05) is 46.9 Å². The highest BCUT2D eigenvalue weighted by molar-refractivity contribution is 6.42. The second-order valence-electron chi connectivity index (χ2n) is 6.59. The molecule has 0 saturated heterocycles. The summed E-state index contributed by atoms with van der Waals surface area (Å²) in [5, 5.41) is 10.1. The average molecular weight is 462 g/mol. The number of amides is 2. The number of benzene rings is 3. The lowest BCUT2D eigenvalue weighted by Gasteiger charge is -2.09. The zero-order valence-electron chi connectivity index (χ0n) is 15.4. The van der Waals surface area contributed by atoms with E-state index in [0.717, 1.165) is 11.1 Å². The van der Waals surface area contributed by atoms with E-state index in [-0.39, 0.29) is 5.56 Å². The van der Waals surface area contributed by atoms with Crippen molar-refractivity contribution < 1.29 is 4.79 Å². The molecule has 0 aliphatic rings. The Kier molecular flexibility index (Phi) is 5.72. The molecule has 0 radical (unpaired) electrons. The van der Waals surface area contributed by atoms with Crippen molar-refractivity contribution in [1.82, 2.24) is 9.78 Å². The summed E-state index contributed by atoms with van der Waals surface area (Å²) in [6.07, 6.45) is 0. The van der Waals surface area contributed by atoms with Gasteiger partial charge in [0, 0.05) is 16.4 Å². The van der Waals surface area contributed by atoms with Crippen molar-refractivity contribution in [3.05, 3.63) is 91.6 Å². The quantitative estimate of drug-likeness (QED) is 0.349. The zero-order chi connectivity index (χ0) is 21.3. The maximum absolute atomic E-state index is 12.4. The van der Waals surface area contributed by atoms with E-state index in [1.165, 1.54) is 0 Å². The summed E-state index contributed by atoms with van der Waals surface area (Å²) in [5.41, 5.74) is 2.46. The van der Waals surface area contributed by atoms with E-state index < -0.39 is 6.03 Å². The second kappa shape index (κ2) is 8.44. The Morgan fingerprint density at radius 3 is 2.23 bits per heavy atom. The molecule has 1 aromatic heterocycles. The maximum Gasteiger partial charge on any atom is 0.323 e. The minimum Gasteiger partial charge on any atom is -0.308 e. The van der Waals surface area contributed by atoms with E-state index in [1.54, 1.807) is 53.2 Å². The lowest BCUT2D eigenvalue weighted by atomic mass is 10.2. The summed E-state index contributed by atoms with van der Waals surface area (Å²) >= 11 is 17.8. The minimum absolute atomic E-state index is 0.243. The summed E-state index contributed by atoms with van der Waals surface area (Å²) in [4.78, 5) is 24.7. The van der Waals surface area contributed by atoms with Gasteiger partial charge in [0.25, 0.3) is 5.56 Å².